The number of hydrogen-bond donors (Lipinski definition) is 2. The van der Waals surface area contributed by atoms with Crippen molar-refractivity contribution in [3.63, 3.8) is 0 Å². The highest BCUT2D eigenvalue weighted by Gasteiger charge is 2.32. The van der Waals surface area contributed by atoms with Gasteiger partial charge in [0, 0.05) is 25.3 Å². The summed E-state index contributed by atoms with van der Waals surface area (Å²) >= 11 is 0. The molecule has 1 unspecified atom stereocenters. The Morgan fingerprint density at radius 3 is 2.32 bits per heavy atom. The van der Waals surface area contributed by atoms with Crippen LogP contribution in [0.4, 0.5) is 5.69 Å². The van der Waals surface area contributed by atoms with Gasteiger partial charge in [-0.1, -0.05) is 17.7 Å². The molecule has 0 aliphatic heterocycles. The van der Waals surface area contributed by atoms with Crippen molar-refractivity contribution in [1.29, 1.82) is 0 Å². The summed E-state index contributed by atoms with van der Waals surface area (Å²) in [4.78, 5) is 13.8. The van der Waals surface area contributed by atoms with Crippen molar-refractivity contribution in [1.82, 2.24) is 5.32 Å². The number of anilines is 1. The molecule has 0 saturated heterocycles. The van der Waals surface area contributed by atoms with Gasteiger partial charge in [-0.3, -0.25) is 10.1 Å². The van der Waals surface area contributed by atoms with E-state index in [9.17, 15) is 4.79 Å². The molecule has 0 spiro atoms. The van der Waals surface area contributed by atoms with Crippen molar-refractivity contribution in [2.24, 2.45) is 5.73 Å². The molecule has 1 aromatic rings. The number of likely N-dealkylation sites (N-methyl/N-ethyl adjacent to an activating group) is 1. The third-order valence-corrected chi connectivity index (χ3v) is 3.18. The molecule has 1 amide bonds. The minimum absolute atomic E-state index is 0.198. The Morgan fingerprint density at radius 1 is 1.37 bits per heavy atom. The Labute approximate surface area is 116 Å². The number of rotatable bonds is 6. The van der Waals surface area contributed by atoms with E-state index in [2.05, 4.69) is 24.4 Å². The molecule has 0 aromatic heterocycles. The van der Waals surface area contributed by atoms with E-state index in [4.69, 9.17) is 5.73 Å². The summed E-state index contributed by atoms with van der Waals surface area (Å²) in [5.41, 5.74) is 7.09. The summed E-state index contributed by atoms with van der Waals surface area (Å²) in [6, 6.07) is 8.41. The summed E-state index contributed by atoms with van der Waals surface area (Å²) in [5, 5.41) is 3.25. The molecule has 3 N–H and O–H groups in total. The van der Waals surface area contributed by atoms with E-state index >= 15 is 0 Å². The Balaban J connectivity index is 2.84. The Morgan fingerprint density at radius 2 is 1.89 bits per heavy atom. The number of nitrogens with two attached hydrogens (primary N) is 1. The van der Waals surface area contributed by atoms with Crippen LogP contribution in [-0.2, 0) is 4.79 Å². The van der Waals surface area contributed by atoms with Gasteiger partial charge >= 0.3 is 0 Å². The van der Waals surface area contributed by atoms with Crippen molar-refractivity contribution < 1.29 is 4.79 Å². The molecular weight excluding hydrogens is 238 g/mol. The number of carbonyl (C=O) groups excluding carboxylic acids is 1. The van der Waals surface area contributed by atoms with Gasteiger partial charge in [-0.05, 0) is 39.8 Å². The fourth-order valence-electron chi connectivity index (χ4n) is 2.20. The fourth-order valence-corrected chi connectivity index (χ4v) is 2.20. The number of hydrogen-bond acceptors (Lipinski definition) is 3. The van der Waals surface area contributed by atoms with Crippen molar-refractivity contribution in [2.75, 3.05) is 18.5 Å². The lowest BCUT2D eigenvalue weighted by atomic mass is 9.99. The molecule has 0 aliphatic rings. The maximum absolute atomic E-state index is 11.7. The van der Waals surface area contributed by atoms with Crippen LogP contribution in [0, 0.1) is 6.92 Å². The average molecular weight is 263 g/mol. The maximum Gasteiger partial charge on any atom is 0.239 e. The number of aryl methyl sites for hydroxylation is 1. The zero-order chi connectivity index (χ0) is 14.6. The zero-order valence-corrected chi connectivity index (χ0v) is 12.5. The molecular formula is C15H25N3O. The normalized spacial score (nSPS) is 14.2. The summed E-state index contributed by atoms with van der Waals surface area (Å²) < 4.78 is 0. The fraction of sp³-hybridized carbons (Fsp3) is 0.533. The Hall–Kier alpha value is -1.55. The summed E-state index contributed by atoms with van der Waals surface area (Å²) in [5.74, 6) is -0.333. The van der Waals surface area contributed by atoms with Crippen LogP contribution in [0.3, 0.4) is 0 Å². The molecule has 0 saturated carbocycles. The second-order valence-corrected chi connectivity index (χ2v) is 5.69. The Kier molecular flexibility index (Phi) is 4.95. The van der Waals surface area contributed by atoms with Crippen molar-refractivity contribution in [3.05, 3.63) is 29.8 Å². The van der Waals surface area contributed by atoms with Gasteiger partial charge in [-0.15, -0.1) is 0 Å². The molecule has 4 nitrogen and oxygen atoms in total. The van der Waals surface area contributed by atoms with Crippen LogP contribution in [0.15, 0.2) is 24.3 Å². The molecule has 0 radical (unpaired) electrons. The lowest BCUT2D eigenvalue weighted by Gasteiger charge is -2.34. The largest absolute Gasteiger partial charge is 0.372 e. The van der Waals surface area contributed by atoms with Gasteiger partial charge in [0.25, 0.3) is 0 Å². The highest BCUT2D eigenvalue weighted by atomic mass is 16.1. The number of primary amides is 1. The van der Waals surface area contributed by atoms with E-state index < -0.39 is 5.54 Å². The first kappa shape index (κ1) is 15.5. The first-order valence-electron chi connectivity index (χ1n) is 6.60. The van der Waals surface area contributed by atoms with Crippen LogP contribution in [0.1, 0.15) is 26.3 Å². The number of nitrogens with zero attached hydrogens (tertiary/aromatic N) is 1. The predicted molar refractivity (Wildman–Crippen MR) is 80.3 cm³/mol. The number of amides is 1. The van der Waals surface area contributed by atoms with Gasteiger partial charge in [0.05, 0.1) is 0 Å². The minimum atomic E-state index is -0.742. The lowest BCUT2D eigenvalue weighted by molar-refractivity contribution is -0.123. The van der Waals surface area contributed by atoms with E-state index in [0.29, 0.717) is 6.54 Å². The molecule has 19 heavy (non-hydrogen) atoms. The number of benzene rings is 1. The third kappa shape index (κ3) is 4.24. The second kappa shape index (κ2) is 6.06. The minimum Gasteiger partial charge on any atom is -0.372 e. The van der Waals surface area contributed by atoms with Crippen LogP contribution < -0.4 is 16.0 Å². The quantitative estimate of drug-likeness (QED) is 0.821. The van der Waals surface area contributed by atoms with E-state index in [1.54, 1.807) is 0 Å². The van der Waals surface area contributed by atoms with E-state index in [0.717, 1.165) is 5.69 Å². The number of carbonyl (C=O) groups is 1. The molecule has 0 fully saturated rings. The zero-order valence-electron chi connectivity index (χ0n) is 12.5. The molecule has 0 aliphatic carbocycles. The second-order valence-electron chi connectivity index (χ2n) is 5.69. The Bertz CT molecular complexity index is 428. The highest BCUT2D eigenvalue weighted by Crippen LogP contribution is 2.17. The number of nitrogens with one attached hydrogen (secondary N) is 1. The maximum atomic E-state index is 11.7. The van der Waals surface area contributed by atoms with Crippen LogP contribution in [-0.4, -0.2) is 31.1 Å². The summed E-state index contributed by atoms with van der Waals surface area (Å²) in [6.07, 6.45) is 0. The standard InChI is InChI=1S/C15H25N3O/c1-11(2)17-15(4,14(16)19)10-18(5)13-8-6-12(3)7-9-13/h6-9,11,17H,10H2,1-5H3,(H2,16,19). The van der Waals surface area contributed by atoms with E-state index in [-0.39, 0.29) is 11.9 Å². The van der Waals surface area contributed by atoms with Crippen LogP contribution in [0.5, 0.6) is 0 Å². The van der Waals surface area contributed by atoms with Crippen molar-refractivity contribution in [3.8, 4) is 0 Å². The smallest absolute Gasteiger partial charge is 0.239 e. The van der Waals surface area contributed by atoms with Gasteiger partial charge in [-0.2, -0.15) is 0 Å². The van der Waals surface area contributed by atoms with Gasteiger partial charge in [0.1, 0.15) is 5.54 Å². The molecule has 0 bridgehead atoms. The van der Waals surface area contributed by atoms with Crippen molar-refractivity contribution in [2.45, 2.75) is 39.3 Å². The molecule has 1 aromatic carbocycles. The van der Waals surface area contributed by atoms with Crippen molar-refractivity contribution >= 4 is 11.6 Å². The molecule has 1 atom stereocenters. The van der Waals surface area contributed by atoms with E-state index in [1.165, 1.54) is 5.56 Å². The summed E-state index contributed by atoms with van der Waals surface area (Å²) in [7, 11) is 1.97. The van der Waals surface area contributed by atoms with E-state index in [1.807, 2.05) is 44.9 Å². The highest BCUT2D eigenvalue weighted by molar-refractivity contribution is 5.85. The monoisotopic (exact) mass is 263 g/mol. The van der Waals surface area contributed by atoms with Crippen LogP contribution in [0.25, 0.3) is 0 Å². The van der Waals surface area contributed by atoms with Gasteiger partial charge < -0.3 is 10.6 Å². The average Bonchev–Trinajstić information content (AvgIpc) is 2.28. The topological polar surface area (TPSA) is 58.4 Å². The molecule has 0 heterocycles. The molecule has 106 valence electrons. The van der Waals surface area contributed by atoms with Gasteiger partial charge in [0.2, 0.25) is 5.91 Å². The van der Waals surface area contributed by atoms with Gasteiger partial charge in [0.15, 0.2) is 0 Å². The first-order chi connectivity index (χ1) is 8.74. The predicted octanol–water partition coefficient (Wildman–Crippen LogP) is 1.67. The lowest BCUT2D eigenvalue weighted by Crippen LogP contribution is -2.61. The SMILES string of the molecule is Cc1ccc(N(C)CC(C)(NC(C)C)C(N)=O)cc1. The first-order valence-corrected chi connectivity index (χ1v) is 6.60. The summed E-state index contributed by atoms with van der Waals surface area (Å²) in [6.45, 7) is 8.45. The van der Waals surface area contributed by atoms with Crippen LogP contribution >= 0.6 is 0 Å². The van der Waals surface area contributed by atoms with Crippen LogP contribution in [0.2, 0.25) is 0 Å². The van der Waals surface area contributed by atoms with Gasteiger partial charge in [-0.25, -0.2) is 0 Å². The third-order valence-electron chi connectivity index (χ3n) is 3.18. The molecule has 1 rings (SSSR count). The molecule has 4 heteroatoms.